The summed E-state index contributed by atoms with van der Waals surface area (Å²) in [5.41, 5.74) is 7.50. The van der Waals surface area contributed by atoms with E-state index >= 15 is 0 Å². The Morgan fingerprint density at radius 3 is 2.82 bits per heavy atom. The largest absolute Gasteiger partial charge is 0.472 e. The minimum Gasteiger partial charge on any atom is -0.472 e. The number of aryl methyl sites for hydroxylation is 1. The third-order valence-corrected chi connectivity index (χ3v) is 2.37. The molecule has 17 heavy (non-hydrogen) atoms. The lowest BCUT2D eigenvalue weighted by molar-refractivity contribution is 0.286. The Labute approximate surface area is 99.1 Å². The van der Waals surface area contributed by atoms with Gasteiger partial charge in [0.05, 0.1) is 11.9 Å². The Morgan fingerprint density at radius 1 is 1.35 bits per heavy atom. The third-order valence-electron chi connectivity index (χ3n) is 2.37. The summed E-state index contributed by atoms with van der Waals surface area (Å²) in [6, 6.07) is 8.27. The zero-order chi connectivity index (χ0) is 12.3. The predicted octanol–water partition coefficient (Wildman–Crippen LogP) is 2.69. The number of hydrogen-bond acceptors (Lipinski definition) is 3. The van der Waals surface area contributed by atoms with Crippen molar-refractivity contribution in [2.45, 2.75) is 13.5 Å². The maximum atomic E-state index is 13.3. The summed E-state index contributed by atoms with van der Waals surface area (Å²) in [5, 5.41) is 0. The van der Waals surface area contributed by atoms with Crippen molar-refractivity contribution < 1.29 is 9.13 Å². The highest BCUT2D eigenvalue weighted by Crippen LogP contribution is 2.18. The van der Waals surface area contributed by atoms with Gasteiger partial charge < -0.3 is 10.5 Å². The first kappa shape index (κ1) is 11.4. The van der Waals surface area contributed by atoms with Crippen molar-refractivity contribution in [1.29, 1.82) is 0 Å². The normalized spacial score (nSPS) is 10.2. The molecular formula is C13H13FN2O. The van der Waals surface area contributed by atoms with E-state index in [9.17, 15) is 4.39 Å². The Kier molecular flexibility index (Phi) is 3.23. The molecule has 0 saturated heterocycles. The maximum absolute atomic E-state index is 13.3. The number of rotatable bonds is 3. The van der Waals surface area contributed by atoms with E-state index in [1.54, 1.807) is 24.3 Å². The van der Waals surface area contributed by atoms with Gasteiger partial charge in [-0.15, -0.1) is 0 Å². The molecule has 0 aliphatic rings. The third kappa shape index (κ3) is 2.72. The van der Waals surface area contributed by atoms with E-state index in [0.29, 0.717) is 17.1 Å². The summed E-state index contributed by atoms with van der Waals surface area (Å²) in [6.07, 6.45) is 1.52. The quantitative estimate of drug-likeness (QED) is 0.885. The zero-order valence-electron chi connectivity index (χ0n) is 9.48. The standard InChI is InChI=1S/C13H13FN2O/c1-9-6-11(15)7-16-13(9)17-8-10-4-2-3-5-12(10)14/h2-7H,8,15H2,1H3. The van der Waals surface area contributed by atoms with E-state index in [2.05, 4.69) is 4.98 Å². The van der Waals surface area contributed by atoms with Crippen LogP contribution in [-0.4, -0.2) is 4.98 Å². The monoisotopic (exact) mass is 232 g/mol. The number of nitrogens with two attached hydrogens (primary N) is 1. The number of aromatic nitrogens is 1. The van der Waals surface area contributed by atoms with Crippen LogP contribution in [0.2, 0.25) is 0 Å². The van der Waals surface area contributed by atoms with Crippen molar-refractivity contribution in [1.82, 2.24) is 4.98 Å². The van der Waals surface area contributed by atoms with E-state index in [0.717, 1.165) is 5.56 Å². The van der Waals surface area contributed by atoms with Gasteiger partial charge in [0.15, 0.2) is 0 Å². The van der Waals surface area contributed by atoms with Crippen LogP contribution in [0.1, 0.15) is 11.1 Å². The molecule has 3 nitrogen and oxygen atoms in total. The fourth-order valence-corrected chi connectivity index (χ4v) is 1.50. The lowest BCUT2D eigenvalue weighted by atomic mass is 10.2. The zero-order valence-corrected chi connectivity index (χ0v) is 9.48. The summed E-state index contributed by atoms with van der Waals surface area (Å²) < 4.78 is 18.8. The first-order valence-electron chi connectivity index (χ1n) is 5.25. The molecule has 0 aliphatic carbocycles. The van der Waals surface area contributed by atoms with E-state index in [4.69, 9.17) is 10.5 Å². The minimum absolute atomic E-state index is 0.157. The molecule has 88 valence electrons. The molecule has 2 rings (SSSR count). The Balaban J connectivity index is 2.10. The van der Waals surface area contributed by atoms with Crippen molar-refractivity contribution in [3.8, 4) is 5.88 Å². The maximum Gasteiger partial charge on any atom is 0.216 e. The van der Waals surface area contributed by atoms with Crippen molar-refractivity contribution in [2.75, 3.05) is 5.73 Å². The molecule has 0 aliphatic heterocycles. The predicted molar refractivity (Wildman–Crippen MR) is 64.1 cm³/mol. The van der Waals surface area contributed by atoms with Crippen LogP contribution < -0.4 is 10.5 Å². The molecule has 1 aromatic heterocycles. The summed E-state index contributed by atoms with van der Waals surface area (Å²) >= 11 is 0. The van der Waals surface area contributed by atoms with Crippen molar-refractivity contribution in [3.05, 3.63) is 53.5 Å². The highest BCUT2D eigenvalue weighted by Gasteiger charge is 2.05. The highest BCUT2D eigenvalue weighted by molar-refractivity contribution is 5.41. The SMILES string of the molecule is Cc1cc(N)cnc1OCc1ccccc1F. The van der Waals surface area contributed by atoms with Crippen molar-refractivity contribution >= 4 is 5.69 Å². The molecule has 2 aromatic rings. The molecule has 0 bridgehead atoms. The van der Waals surface area contributed by atoms with Gasteiger partial charge in [-0.25, -0.2) is 9.37 Å². The Morgan fingerprint density at radius 2 is 2.12 bits per heavy atom. The van der Waals surface area contributed by atoms with Gasteiger partial charge >= 0.3 is 0 Å². The van der Waals surface area contributed by atoms with Crippen LogP contribution in [0, 0.1) is 12.7 Å². The molecule has 0 saturated carbocycles. The van der Waals surface area contributed by atoms with E-state index in [1.165, 1.54) is 12.3 Å². The first-order valence-corrected chi connectivity index (χ1v) is 5.25. The molecule has 0 radical (unpaired) electrons. The highest BCUT2D eigenvalue weighted by atomic mass is 19.1. The average Bonchev–Trinajstić information content (AvgIpc) is 2.30. The number of nitrogens with zero attached hydrogens (tertiary/aromatic N) is 1. The summed E-state index contributed by atoms with van der Waals surface area (Å²) in [6.45, 7) is 2.00. The van der Waals surface area contributed by atoms with Crippen LogP contribution in [-0.2, 0) is 6.61 Å². The number of ether oxygens (including phenoxy) is 1. The molecule has 0 atom stereocenters. The second-order valence-electron chi connectivity index (χ2n) is 3.77. The van der Waals surface area contributed by atoms with Gasteiger partial charge in [-0.1, -0.05) is 18.2 Å². The van der Waals surface area contributed by atoms with E-state index in [1.807, 2.05) is 6.92 Å². The fourth-order valence-electron chi connectivity index (χ4n) is 1.50. The number of halogens is 1. The second-order valence-corrected chi connectivity index (χ2v) is 3.77. The summed E-state index contributed by atoms with van der Waals surface area (Å²) in [4.78, 5) is 4.05. The molecule has 0 unspecified atom stereocenters. The van der Waals surface area contributed by atoms with Crippen LogP contribution >= 0.6 is 0 Å². The van der Waals surface area contributed by atoms with Gasteiger partial charge in [-0.2, -0.15) is 0 Å². The molecule has 4 heteroatoms. The first-order chi connectivity index (χ1) is 8.16. The Bertz CT molecular complexity index is 529. The van der Waals surface area contributed by atoms with Gasteiger partial charge in [0.2, 0.25) is 5.88 Å². The molecule has 0 amide bonds. The minimum atomic E-state index is -0.277. The molecule has 0 fully saturated rings. The second kappa shape index (κ2) is 4.82. The number of hydrogen-bond donors (Lipinski definition) is 1. The lowest BCUT2D eigenvalue weighted by Gasteiger charge is -2.08. The summed E-state index contributed by atoms with van der Waals surface area (Å²) in [7, 11) is 0. The van der Waals surface area contributed by atoms with E-state index < -0.39 is 0 Å². The van der Waals surface area contributed by atoms with Gasteiger partial charge in [-0.05, 0) is 19.1 Å². The van der Waals surface area contributed by atoms with Gasteiger partial charge in [0.1, 0.15) is 12.4 Å². The molecule has 0 spiro atoms. The van der Waals surface area contributed by atoms with Gasteiger partial charge in [0.25, 0.3) is 0 Å². The topological polar surface area (TPSA) is 48.1 Å². The molecule has 2 N–H and O–H groups in total. The fraction of sp³-hybridized carbons (Fsp3) is 0.154. The van der Waals surface area contributed by atoms with Gasteiger partial charge in [-0.3, -0.25) is 0 Å². The molecular weight excluding hydrogens is 219 g/mol. The van der Waals surface area contributed by atoms with Crippen molar-refractivity contribution in [2.24, 2.45) is 0 Å². The summed E-state index contributed by atoms with van der Waals surface area (Å²) in [5.74, 6) is 0.197. The average molecular weight is 232 g/mol. The van der Waals surface area contributed by atoms with Crippen LogP contribution in [0.15, 0.2) is 36.5 Å². The van der Waals surface area contributed by atoms with Gasteiger partial charge in [0, 0.05) is 11.1 Å². The van der Waals surface area contributed by atoms with Crippen LogP contribution in [0.4, 0.5) is 10.1 Å². The lowest BCUT2D eigenvalue weighted by Crippen LogP contribution is -2.01. The smallest absolute Gasteiger partial charge is 0.216 e. The number of benzene rings is 1. The molecule has 1 aromatic carbocycles. The van der Waals surface area contributed by atoms with E-state index in [-0.39, 0.29) is 12.4 Å². The molecule has 1 heterocycles. The number of nitrogen functional groups attached to an aromatic ring is 1. The Hall–Kier alpha value is -2.10. The number of pyridine rings is 1. The van der Waals surface area contributed by atoms with Crippen LogP contribution in [0.5, 0.6) is 5.88 Å². The van der Waals surface area contributed by atoms with Crippen molar-refractivity contribution in [3.63, 3.8) is 0 Å². The van der Waals surface area contributed by atoms with Crippen LogP contribution in [0.25, 0.3) is 0 Å². The van der Waals surface area contributed by atoms with Crippen LogP contribution in [0.3, 0.4) is 0 Å². The number of anilines is 1.